The van der Waals surface area contributed by atoms with Gasteiger partial charge in [0.1, 0.15) is 11.3 Å². The SMILES string of the molecule is Cc1ccc(O)c(C(=O)OCC(=O)NCC(=O)Nc2ccccc2Br)c1. The molecule has 0 saturated heterocycles. The first kappa shape index (κ1) is 19.5. The molecule has 2 aromatic carbocycles. The highest BCUT2D eigenvalue weighted by molar-refractivity contribution is 9.10. The van der Waals surface area contributed by atoms with E-state index >= 15 is 0 Å². The number of aryl methyl sites for hydroxylation is 1. The molecule has 0 aromatic heterocycles. The quantitative estimate of drug-likeness (QED) is 0.622. The maximum atomic E-state index is 11.9. The summed E-state index contributed by atoms with van der Waals surface area (Å²) in [6.07, 6.45) is 0. The number of ether oxygens (including phenoxy) is 1. The molecule has 2 aromatic rings. The van der Waals surface area contributed by atoms with Crippen molar-refractivity contribution in [3.05, 3.63) is 58.1 Å². The lowest BCUT2D eigenvalue weighted by atomic mass is 10.1. The van der Waals surface area contributed by atoms with Crippen LogP contribution in [-0.4, -0.2) is 36.0 Å². The molecular formula is C18H17BrN2O5. The lowest BCUT2D eigenvalue weighted by Crippen LogP contribution is -2.35. The number of carbonyl (C=O) groups excluding carboxylic acids is 3. The van der Waals surface area contributed by atoms with Crippen molar-refractivity contribution < 1.29 is 24.2 Å². The molecule has 0 atom stereocenters. The molecular weight excluding hydrogens is 404 g/mol. The van der Waals surface area contributed by atoms with Gasteiger partial charge in [-0.3, -0.25) is 9.59 Å². The minimum Gasteiger partial charge on any atom is -0.507 e. The second kappa shape index (κ2) is 9.00. The van der Waals surface area contributed by atoms with E-state index in [1.165, 1.54) is 12.1 Å². The Hall–Kier alpha value is -2.87. The number of rotatable bonds is 6. The standard InChI is InChI=1S/C18H17BrN2O5/c1-11-6-7-15(22)12(8-11)18(25)26-10-17(24)20-9-16(23)21-14-5-3-2-4-13(14)19/h2-8,22H,9-10H2,1H3,(H,20,24)(H,21,23). The Kier molecular flexibility index (Phi) is 6.74. The second-order valence-electron chi connectivity index (χ2n) is 5.40. The number of amides is 2. The van der Waals surface area contributed by atoms with E-state index in [0.29, 0.717) is 10.2 Å². The number of nitrogens with one attached hydrogen (secondary N) is 2. The number of para-hydroxylation sites is 1. The number of halogens is 1. The molecule has 2 amide bonds. The van der Waals surface area contributed by atoms with E-state index in [-0.39, 0.29) is 17.9 Å². The van der Waals surface area contributed by atoms with Crippen LogP contribution in [-0.2, 0) is 14.3 Å². The van der Waals surface area contributed by atoms with Gasteiger partial charge in [0.25, 0.3) is 5.91 Å². The van der Waals surface area contributed by atoms with Crippen molar-refractivity contribution in [2.75, 3.05) is 18.5 Å². The third-order valence-corrected chi connectivity index (χ3v) is 3.99. The van der Waals surface area contributed by atoms with Gasteiger partial charge in [-0.25, -0.2) is 4.79 Å². The van der Waals surface area contributed by atoms with Crippen LogP contribution in [0.2, 0.25) is 0 Å². The van der Waals surface area contributed by atoms with Gasteiger partial charge in [0.15, 0.2) is 6.61 Å². The predicted molar refractivity (Wildman–Crippen MR) is 98.9 cm³/mol. The van der Waals surface area contributed by atoms with Crippen molar-refractivity contribution >= 4 is 39.4 Å². The van der Waals surface area contributed by atoms with Crippen LogP contribution >= 0.6 is 15.9 Å². The monoisotopic (exact) mass is 420 g/mol. The summed E-state index contributed by atoms with van der Waals surface area (Å²) < 4.78 is 5.56. The van der Waals surface area contributed by atoms with E-state index in [0.717, 1.165) is 5.56 Å². The molecule has 136 valence electrons. The number of phenolic OH excluding ortho intramolecular Hbond substituents is 1. The molecule has 0 saturated carbocycles. The number of hydrogen-bond donors (Lipinski definition) is 3. The Balaban J connectivity index is 1.78. The summed E-state index contributed by atoms with van der Waals surface area (Å²) in [6, 6.07) is 11.5. The van der Waals surface area contributed by atoms with Gasteiger partial charge in [0.2, 0.25) is 5.91 Å². The Labute approximate surface area is 158 Å². The summed E-state index contributed by atoms with van der Waals surface area (Å²) in [5.41, 5.74) is 1.32. The van der Waals surface area contributed by atoms with E-state index in [1.807, 2.05) is 6.07 Å². The van der Waals surface area contributed by atoms with Crippen LogP contribution in [0, 0.1) is 6.92 Å². The molecule has 0 heterocycles. The van der Waals surface area contributed by atoms with E-state index in [9.17, 15) is 19.5 Å². The molecule has 0 fully saturated rings. The maximum Gasteiger partial charge on any atom is 0.342 e. The minimum atomic E-state index is -0.820. The minimum absolute atomic E-state index is 0.0236. The molecule has 26 heavy (non-hydrogen) atoms. The number of phenols is 1. The van der Waals surface area contributed by atoms with Gasteiger partial charge in [-0.15, -0.1) is 0 Å². The highest BCUT2D eigenvalue weighted by atomic mass is 79.9. The summed E-state index contributed by atoms with van der Waals surface area (Å²) in [5, 5.41) is 14.6. The van der Waals surface area contributed by atoms with Gasteiger partial charge in [-0.2, -0.15) is 0 Å². The molecule has 0 unspecified atom stereocenters. The lowest BCUT2D eigenvalue weighted by Gasteiger charge is -2.09. The summed E-state index contributed by atoms with van der Waals surface area (Å²) >= 11 is 3.30. The number of carbonyl (C=O) groups is 3. The molecule has 0 aliphatic carbocycles. The summed E-state index contributed by atoms with van der Waals surface area (Å²) in [4.78, 5) is 35.4. The van der Waals surface area contributed by atoms with E-state index < -0.39 is 24.4 Å². The zero-order chi connectivity index (χ0) is 19.1. The van der Waals surface area contributed by atoms with E-state index in [4.69, 9.17) is 4.74 Å². The topological polar surface area (TPSA) is 105 Å². The van der Waals surface area contributed by atoms with Crippen molar-refractivity contribution in [2.45, 2.75) is 6.92 Å². The van der Waals surface area contributed by atoms with Crippen LogP contribution < -0.4 is 10.6 Å². The fourth-order valence-corrected chi connectivity index (χ4v) is 2.39. The van der Waals surface area contributed by atoms with Gasteiger partial charge in [0.05, 0.1) is 12.2 Å². The average molecular weight is 421 g/mol. The normalized spacial score (nSPS) is 10.1. The first-order valence-corrected chi connectivity index (χ1v) is 8.44. The van der Waals surface area contributed by atoms with Gasteiger partial charge >= 0.3 is 5.97 Å². The lowest BCUT2D eigenvalue weighted by molar-refractivity contribution is -0.126. The molecule has 3 N–H and O–H groups in total. The maximum absolute atomic E-state index is 11.9. The van der Waals surface area contributed by atoms with E-state index in [1.54, 1.807) is 31.2 Å². The molecule has 2 rings (SSSR count). The van der Waals surface area contributed by atoms with Crippen LogP contribution in [0.25, 0.3) is 0 Å². The molecule has 8 heteroatoms. The molecule has 0 radical (unpaired) electrons. The average Bonchev–Trinajstić information content (AvgIpc) is 2.62. The summed E-state index contributed by atoms with van der Waals surface area (Å²) in [5.74, 6) is -2.10. The largest absolute Gasteiger partial charge is 0.507 e. The second-order valence-corrected chi connectivity index (χ2v) is 6.26. The van der Waals surface area contributed by atoms with Crippen molar-refractivity contribution in [2.24, 2.45) is 0 Å². The molecule has 0 bridgehead atoms. The zero-order valence-corrected chi connectivity index (χ0v) is 15.5. The Bertz CT molecular complexity index is 838. The Morgan fingerprint density at radius 1 is 1.12 bits per heavy atom. The van der Waals surface area contributed by atoms with Gasteiger partial charge < -0.3 is 20.5 Å². The molecule has 0 aliphatic heterocycles. The van der Waals surface area contributed by atoms with Crippen LogP contribution in [0.4, 0.5) is 5.69 Å². The van der Waals surface area contributed by atoms with Crippen molar-refractivity contribution in [3.8, 4) is 5.75 Å². The summed E-state index contributed by atoms with van der Waals surface area (Å²) in [6.45, 7) is 0.925. The third kappa shape index (κ3) is 5.59. The van der Waals surface area contributed by atoms with E-state index in [2.05, 4.69) is 26.6 Å². The number of esters is 1. The van der Waals surface area contributed by atoms with Gasteiger partial charge in [0, 0.05) is 4.47 Å². The van der Waals surface area contributed by atoms with Crippen molar-refractivity contribution in [1.82, 2.24) is 5.32 Å². The molecule has 0 spiro atoms. The van der Waals surface area contributed by atoms with Crippen molar-refractivity contribution in [1.29, 1.82) is 0 Å². The predicted octanol–water partition coefficient (Wildman–Crippen LogP) is 2.37. The fourth-order valence-electron chi connectivity index (χ4n) is 2.01. The number of aromatic hydroxyl groups is 1. The first-order chi connectivity index (χ1) is 12.4. The van der Waals surface area contributed by atoms with Crippen molar-refractivity contribution in [3.63, 3.8) is 0 Å². The molecule has 7 nitrogen and oxygen atoms in total. The highest BCUT2D eigenvalue weighted by Crippen LogP contribution is 2.21. The number of anilines is 1. The highest BCUT2D eigenvalue weighted by Gasteiger charge is 2.15. The molecule has 0 aliphatic rings. The van der Waals surface area contributed by atoms with Gasteiger partial charge in [-0.05, 0) is 47.1 Å². The van der Waals surface area contributed by atoms with Crippen LogP contribution in [0.3, 0.4) is 0 Å². The van der Waals surface area contributed by atoms with Crippen LogP contribution in [0.1, 0.15) is 15.9 Å². The number of benzene rings is 2. The smallest absolute Gasteiger partial charge is 0.342 e. The number of hydrogen-bond acceptors (Lipinski definition) is 5. The van der Waals surface area contributed by atoms with Crippen LogP contribution in [0.15, 0.2) is 46.9 Å². The Morgan fingerprint density at radius 3 is 2.58 bits per heavy atom. The summed E-state index contributed by atoms with van der Waals surface area (Å²) in [7, 11) is 0. The third-order valence-electron chi connectivity index (χ3n) is 3.30. The fraction of sp³-hybridized carbons (Fsp3) is 0.167. The van der Waals surface area contributed by atoms with Gasteiger partial charge in [-0.1, -0.05) is 23.8 Å². The first-order valence-electron chi connectivity index (χ1n) is 7.64. The Morgan fingerprint density at radius 2 is 1.85 bits per heavy atom. The zero-order valence-electron chi connectivity index (χ0n) is 13.9. The van der Waals surface area contributed by atoms with Crippen LogP contribution in [0.5, 0.6) is 5.75 Å².